The lowest BCUT2D eigenvalue weighted by atomic mass is 10.1. The Morgan fingerprint density at radius 1 is 1.19 bits per heavy atom. The third-order valence-electron chi connectivity index (χ3n) is 3.40. The molecule has 0 aliphatic rings. The standard InChI is InChI=1S/C19H19BrFN3O2/c20-16-6-7-18(21)17(10-16)15(11-22)12-23-8-9-24-19(25)26-13-14-4-2-1-3-5-14/h1-7,10-12,22-23H,8-9,13H2,(H,24,25)/b15-12+,22-11?. The number of halogens is 2. The Morgan fingerprint density at radius 3 is 2.69 bits per heavy atom. The Hall–Kier alpha value is -2.67. The molecule has 0 aromatic heterocycles. The summed E-state index contributed by atoms with van der Waals surface area (Å²) < 4.78 is 19.7. The van der Waals surface area contributed by atoms with Gasteiger partial charge >= 0.3 is 6.09 Å². The minimum absolute atomic E-state index is 0.208. The molecule has 0 bridgehead atoms. The van der Waals surface area contributed by atoms with Crippen molar-refractivity contribution in [2.75, 3.05) is 13.1 Å². The molecule has 136 valence electrons. The summed E-state index contributed by atoms with van der Waals surface area (Å²) in [5.74, 6) is -0.410. The van der Waals surface area contributed by atoms with Gasteiger partial charge in [0.1, 0.15) is 12.4 Å². The van der Waals surface area contributed by atoms with E-state index in [2.05, 4.69) is 26.6 Å². The number of allylic oxidation sites excluding steroid dienone is 1. The summed E-state index contributed by atoms with van der Waals surface area (Å²) in [7, 11) is 0. The highest BCUT2D eigenvalue weighted by molar-refractivity contribution is 9.10. The monoisotopic (exact) mass is 419 g/mol. The third-order valence-corrected chi connectivity index (χ3v) is 3.90. The molecule has 0 radical (unpaired) electrons. The van der Waals surface area contributed by atoms with E-state index in [4.69, 9.17) is 10.1 Å². The molecule has 2 aromatic rings. The molecule has 0 saturated heterocycles. The van der Waals surface area contributed by atoms with Crippen LogP contribution >= 0.6 is 15.9 Å². The number of carbonyl (C=O) groups excluding carboxylic acids is 1. The number of benzene rings is 2. The summed E-state index contributed by atoms with van der Waals surface area (Å²) >= 11 is 3.28. The molecule has 26 heavy (non-hydrogen) atoms. The molecule has 0 atom stereocenters. The third kappa shape index (κ3) is 6.33. The maximum atomic E-state index is 13.8. The van der Waals surface area contributed by atoms with Crippen LogP contribution in [0.4, 0.5) is 9.18 Å². The van der Waals surface area contributed by atoms with Crippen molar-refractivity contribution in [1.82, 2.24) is 10.6 Å². The number of nitrogens with one attached hydrogen (secondary N) is 3. The number of ether oxygens (including phenoxy) is 1. The molecule has 0 aliphatic carbocycles. The zero-order valence-corrected chi connectivity index (χ0v) is 15.6. The van der Waals surface area contributed by atoms with Crippen LogP contribution in [0.15, 0.2) is 59.2 Å². The fraction of sp³-hybridized carbons (Fsp3) is 0.158. The summed E-state index contributed by atoms with van der Waals surface area (Å²) in [6, 6.07) is 13.9. The molecule has 7 heteroatoms. The fourth-order valence-corrected chi connectivity index (χ4v) is 2.47. The highest BCUT2D eigenvalue weighted by atomic mass is 79.9. The molecule has 0 saturated carbocycles. The van der Waals surface area contributed by atoms with Crippen LogP contribution in [-0.2, 0) is 11.3 Å². The van der Waals surface area contributed by atoms with E-state index in [1.54, 1.807) is 12.1 Å². The second-order valence-corrected chi connectivity index (χ2v) is 6.23. The molecule has 0 unspecified atom stereocenters. The normalized spacial score (nSPS) is 10.9. The lowest BCUT2D eigenvalue weighted by molar-refractivity contribution is 0.140. The maximum absolute atomic E-state index is 13.8. The van der Waals surface area contributed by atoms with Gasteiger partial charge in [0.05, 0.1) is 0 Å². The highest BCUT2D eigenvalue weighted by Crippen LogP contribution is 2.21. The van der Waals surface area contributed by atoms with Crippen molar-refractivity contribution in [2.45, 2.75) is 6.61 Å². The molecule has 0 heterocycles. The van der Waals surface area contributed by atoms with Crippen molar-refractivity contribution in [3.8, 4) is 0 Å². The van der Waals surface area contributed by atoms with Crippen LogP contribution in [0, 0.1) is 11.2 Å². The van der Waals surface area contributed by atoms with Crippen molar-refractivity contribution in [3.05, 3.63) is 76.1 Å². The number of amides is 1. The van der Waals surface area contributed by atoms with Gasteiger partial charge in [-0.3, -0.25) is 0 Å². The van der Waals surface area contributed by atoms with Crippen LogP contribution in [0.5, 0.6) is 0 Å². The van der Waals surface area contributed by atoms with Gasteiger partial charge in [0.25, 0.3) is 0 Å². The minimum Gasteiger partial charge on any atom is -0.445 e. The first kappa shape index (κ1) is 19.7. The maximum Gasteiger partial charge on any atom is 0.407 e. The van der Waals surface area contributed by atoms with Gasteiger partial charge in [-0.2, -0.15) is 0 Å². The molecule has 2 rings (SSSR count). The van der Waals surface area contributed by atoms with Crippen LogP contribution in [0.2, 0.25) is 0 Å². The zero-order valence-electron chi connectivity index (χ0n) is 14.0. The Kier molecular flexibility index (Phi) is 7.82. The molecule has 2 aromatic carbocycles. The first-order valence-corrected chi connectivity index (χ1v) is 8.73. The molecule has 1 amide bonds. The number of hydrogen-bond acceptors (Lipinski definition) is 4. The van der Waals surface area contributed by atoms with Crippen LogP contribution in [0.1, 0.15) is 11.1 Å². The van der Waals surface area contributed by atoms with Gasteiger partial charge in [-0.05, 0) is 23.8 Å². The van der Waals surface area contributed by atoms with E-state index in [9.17, 15) is 9.18 Å². The zero-order chi connectivity index (χ0) is 18.8. The first-order valence-electron chi connectivity index (χ1n) is 7.94. The number of alkyl carbamates (subject to hydrolysis) is 1. The van der Waals surface area contributed by atoms with E-state index in [1.807, 2.05) is 30.3 Å². The summed E-state index contributed by atoms with van der Waals surface area (Å²) in [6.07, 6.45) is 2.10. The van der Waals surface area contributed by atoms with Crippen LogP contribution < -0.4 is 10.6 Å². The van der Waals surface area contributed by atoms with Crippen molar-refractivity contribution in [1.29, 1.82) is 5.41 Å². The topological polar surface area (TPSA) is 74.2 Å². The van der Waals surface area contributed by atoms with Crippen LogP contribution in [-0.4, -0.2) is 25.4 Å². The first-order chi connectivity index (χ1) is 12.6. The molecule has 5 nitrogen and oxygen atoms in total. The average Bonchev–Trinajstić information content (AvgIpc) is 2.66. The van der Waals surface area contributed by atoms with E-state index >= 15 is 0 Å². The van der Waals surface area contributed by atoms with Gasteiger partial charge in [-0.1, -0.05) is 46.3 Å². The molecule has 3 N–H and O–H groups in total. The minimum atomic E-state index is -0.509. The second kappa shape index (κ2) is 10.4. The lowest BCUT2D eigenvalue weighted by Gasteiger charge is -2.08. The van der Waals surface area contributed by atoms with Crippen molar-refractivity contribution < 1.29 is 13.9 Å². The van der Waals surface area contributed by atoms with Crippen molar-refractivity contribution in [2.24, 2.45) is 0 Å². The van der Waals surface area contributed by atoms with Crippen molar-refractivity contribution >= 4 is 33.8 Å². The Morgan fingerprint density at radius 2 is 1.96 bits per heavy atom. The summed E-state index contributed by atoms with van der Waals surface area (Å²) in [6.45, 7) is 0.948. The van der Waals surface area contributed by atoms with E-state index < -0.39 is 11.9 Å². The van der Waals surface area contributed by atoms with Gasteiger partial charge in [0, 0.05) is 41.1 Å². The Balaban J connectivity index is 1.74. The number of carbonyl (C=O) groups is 1. The van der Waals surface area contributed by atoms with Crippen LogP contribution in [0.25, 0.3) is 5.57 Å². The van der Waals surface area contributed by atoms with E-state index in [0.29, 0.717) is 24.2 Å². The van der Waals surface area contributed by atoms with Gasteiger partial charge in [-0.15, -0.1) is 0 Å². The molecule has 0 spiro atoms. The SMILES string of the molecule is N=C/C(=C\NCCNC(=O)OCc1ccccc1)c1cc(Br)ccc1F. The van der Waals surface area contributed by atoms with E-state index in [-0.39, 0.29) is 6.61 Å². The van der Waals surface area contributed by atoms with E-state index in [1.165, 1.54) is 12.3 Å². The van der Waals surface area contributed by atoms with Crippen LogP contribution in [0.3, 0.4) is 0 Å². The molecular formula is C19H19BrFN3O2. The quantitative estimate of drug-likeness (QED) is 0.445. The Labute approximate surface area is 159 Å². The predicted molar refractivity (Wildman–Crippen MR) is 103 cm³/mol. The second-order valence-electron chi connectivity index (χ2n) is 5.31. The average molecular weight is 420 g/mol. The van der Waals surface area contributed by atoms with Gasteiger partial charge in [0.2, 0.25) is 0 Å². The Bertz CT molecular complexity index is 782. The largest absolute Gasteiger partial charge is 0.445 e. The predicted octanol–water partition coefficient (Wildman–Crippen LogP) is 4.09. The molecular weight excluding hydrogens is 401 g/mol. The highest BCUT2D eigenvalue weighted by Gasteiger charge is 2.07. The molecule has 0 fully saturated rings. The summed E-state index contributed by atoms with van der Waals surface area (Å²) in [4.78, 5) is 11.6. The smallest absolute Gasteiger partial charge is 0.407 e. The van der Waals surface area contributed by atoms with Crippen molar-refractivity contribution in [3.63, 3.8) is 0 Å². The molecule has 0 aliphatic heterocycles. The summed E-state index contributed by atoms with van der Waals surface area (Å²) in [5, 5.41) is 13.0. The number of hydrogen-bond donors (Lipinski definition) is 3. The summed E-state index contributed by atoms with van der Waals surface area (Å²) in [5.41, 5.74) is 1.63. The lowest BCUT2D eigenvalue weighted by Crippen LogP contribution is -2.30. The van der Waals surface area contributed by atoms with Gasteiger partial charge in [-0.25, -0.2) is 9.18 Å². The fourth-order valence-electron chi connectivity index (χ4n) is 2.11. The van der Waals surface area contributed by atoms with Gasteiger partial charge in [0.15, 0.2) is 0 Å². The van der Waals surface area contributed by atoms with Gasteiger partial charge < -0.3 is 20.8 Å². The number of rotatable bonds is 8. The van der Waals surface area contributed by atoms with E-state index in [0.717, 1.165) is 16.3 Å².